The number of alkyl halides is 3. The second kappa shape index (κ2) is 10.7. The van der Waals surface area contributed by atoms with Crippen LogP contribution in [0.25, 0.3) is 0 Å². The zero-order valence-electron chi connectivity index (χ0n) is 18.8. The minimum absolute atomic E-state index is 0.171. The molecule has 0 amide bonds. The molecule has 0 unspecified atom stereocenters. The molecule has 0 saturated carbocycles. The maximum absolute atomic E-state index is 13.8. The standard InChI is InChI=1S/C24H22F3NO6S/c1-32-18-11-13-19(14-12-18)35(30,31)28(15-17-7-4-3-5-8-17)22-20(23(29)33-2)9-6-10-21(22)34-16-24(25,26)27/h3-14H,15-16H2,1-2H3. The van der Waals surface area contributed by atoms with E-state index in [9.17, 15) is 26.4 Å². The zero-order chi connectivity index (χ0) is 25.6. The average Bonchev–Trinajstić information content (AvgIpc) is 2.85. The first-order chi connectivity index (χ1) is 16.6. The van der Waals surface area contributed by atoms with Gasteiger partial charge in [-0.2, -0.15) is 13.2 Å². The van der Waals surface area contributed by atoms with Crippen LogP contribution in [0.5, 0.6) is 11.5 Å². The molecule has 3 rings (SSSR count). The Balaban J connectivity index is 2.24. The number of benzene rings is 3. The predicted octanol–water partition coefficient (Wildman–Crippen LogP) is 4.82. The molecule has 0 spiro atoms. The molecule has 0 aliphatic heterocycles. The SMILES string of the molecule is COC(=O)c1cccc(OCC(F)(F)F)c1N(Cc1ccccc1)S(=O)(=O)c1ccc(OC)cc1. The smallest absolute Gasteiger partial charge is 0.422 e. The van der Waals surface area contributed by atoms with E-state index < -0.39 is 34.5 Å². The van der Waals surface area contributed by atoms with E-state index in [1.54, 1.807) is 30.3 Å². The largest absolute Gasteiger partial charge is 0.497 e. The van der Waals surface area contributed by atoms with Crippen molar-refractivity contribution < 1.29 is 40.6 Å². The predicted molar refractivity (Wildman–Crippen MR) is 122 cm³/mol. The van der Waals surface area contributed by atoms with Crippen molar-refractivity contribution in [3.8, 4) is 11.5 Å². The number of carbonyl (C=O) groups excluding carboxylic acids is 1. The van der Waals surface area contributed by atoms with E-state index in [0.717, 1.165) is 17.5 Å². The normalized spacial score (nSPS) is 11.6. The molecule has 186 valence electrons. The number of sulfonamides is 1. The fourth-order valence-corrected chi connectivity index (χ4v) is 4.72. The third-order valence-electron chi connectivity index (χ3n) is 4.86. The summed E-state index contributed by atoms with van der Waals surface area (Å²) < 4.78 is 82.1. The lowest BCUT2D eigenvalue weighted by atomic mass is 10.1. The molecule has 0 radical (unpaired) electrons. The van der Waals surface area contributed by atoms with Crippen molar-refractivity contribution in [2.24, 2.45) is 0 Å². The Morgan fingerprint density at radius 1 is 0.914 bits per heavy atom. The van der Waals surface area contributed by atoms with E-state index in [-0.39, 0.29) is 22.7 Å². The summed E-state index contributed by atoms with van der Waals surface area (Å²) in [6.07, 6.45) is -4.70. The first-order valence-corrected chi connectivity index (χ1v) is 11.6. The summed E-state index contributed by atoms with van der Waals surface area (Å²) >= 11 is 0. The highest BCUT2D eigenvalue weighted by atomic mass is 32.2. The highest BCUT2D eigenvalue weighted by Gasteiger charge is 2.34. The minimum atomic E-state index is -4.70. The van der Waals surface area contributed by atoms with Crippen molar-refractivity contribution in [1.29, 1.82) is 0 Å². The molecular weight excluding hydrogens is 487 g/mol. The average molecular weight is 510 g/mol. The Bertz CT molecular complexity index is 1260. The van der Waals surface area contributed by atoms with E-state index in [1.165, 1.54) is 43.5 Å². The topological polar surface area (TPSA) is 82.1 Å². The van der Waals surface area contributed by atoms with E-state index >= 15 is 0 Å². The number of hydrogen-bond donors (Lipinski definition) is 0. The lowest BCUT2D eigenvalue weighted by Crippen LogP contribution is -2.33. The van der Waals surface area contributed by atoms with Crippen LogP contribution in [-0.4, -0.2) is 41.4 Å². The number of ether oxygens (including phenoxy) is 3. The van der Waals surface area contributed by atoms with Crippen molar-refractivity contribution in [1.82, 2.24) is 0 Å². The molecule has 35 heavy (non-hydrogen) atoms. The first kappa shape index (κ1) is 25.9. The molecule has 11 heteroatoms. The van der Waals surface area contributed by atoms with Gasteiger partial charge in [0.15, 0.2) is 6.61 Å². The minimum Gasteiger partial charge on any atom is -0.497 e. The summed E-state index contributed by atoms with van der Waals surface area (Å²) in [6.45, 7) is -1.99. The number of carbonyl (C=O) groups is 1. The lowest BCUT2D eigenvalue weighted by Gasteiger charge is -2.28. The molecule has 0 bridgehead atoms. The highest BCUT2D eigenvalue weighted by molar-refractivity contribution is 7.92. The molecule has 0 saturated heterocycles. The number of rotatable bonds is 9. The molecule has 0 fully saturated rings. The summed E-state index contributed by atoms with van der Waals surface area (Å²) in [5, 5.41) is 0. The highest BCUT2D eigenvalue weighted by Crippen LogP contribution is 2.38. The Kier molecular flexibility index (Phi) is 7.90. The van der Waals surface area contributed by atoms with Gasteiger partial charge in [-0.05, 0) is 42.0 Å². The molecule has 0 aliphatic rings. The lowest BCUT2D eigenvalue weighted by molar-refractivity contribution is -0.153. The van der Waals surface area contributed by atoms with E-state index in [1.807, 2.05) is 0 Å². The third-order valence-corrected chi connectivity index (χ3v) is 6.62. The van der Waals surface area contributed by atoms with Crippen LogP contribution in [0.15, 0.2) is 77.7 Å². The Hall–Kier alpha value is -3.73. The molecule has 0 aromatic heterocycles. The van der Waals surface area contributed by atoms with Crippen LogP contribution in [0.1, 0.15) is 15.9 Å². The summed E-state index contributed by atoms with van der Waals surface area (Å²) in [7, 11) is -1.91. The van der Waals surface area contributed by atoms with Gasteiger partial charge in [0.05, 0.1) is 31.2 Å². The van der Waals surface area contributed by atoms with Gasteiger partial charge >= 0.3 is 12.1 Å². The van der Waals surface area contributed by atoms with E-state index in [4.69, 9.17) is 14.2 Å². The molecule has 0 N–H and O–H groups in total. The van der Waals surface area contributed by atoms with Gasteiger partial charge in [0.1, 0.15) is 17.2 Å². The summed E-state index contributed by atoms with van der Waals surface area (Å²) in [6, 6.07) is 17.5. The summed E-state index contributed by atoms with van der Waals surface area (Å²) in [4.78, 5) is 12.4. The molecule has 0 atom stereocenters. The maximum Gasteiger partial charge on any atom is 0.422 e. The Labute approximate surface area is 200 Å². The van der Waals surface area contributed by atoms with Crippen LogP contribution in [-0.2, 0) is 21.3 Å². The van der Waals surface area contributed by atoms with Crippen molar-refractivity contribution in [2.75, 3.05) is 25.1 Å². The number of halogens is 3. The van der Waals surface area contributed by atoms with Gasteiger partial charge in [-0.25, -0.2) is 13.2 Å². The van der Waals surface area contributed by atoms with Crippen LogP contribution < -0.4 is 13.8 Å². The van der Waals surface area contributed by atoms with Crippen LogP contribution >= 0.6 is 0 Å². The van der Waals surface area contributed by atoms with E-state index in [0.29, 0.717) is 11.3 Å². The van der Waals surface area contributed by atoms with Crippen molar-refractivity contribution in [2.45, 2.75) is 17.6 Å². The van der Waals surface area contributed by atoms with Gasteiger partial charge in [0.2, 0.25) is 0 Å². The second-order valence-electron chi connectivity index (χ2n) is 7.22. The van der Waals surface area contributed by atoms with Gasteiger partial charge in [0, 0.05) is 0 Å². The maximum atomic E-state index is 13.8. The van der Waals surface area contributed by atoms with Crippen LogP contribution in [0, 0.1) is 0 Å². The number of anilines is 1. The fraction of sp³-hybridized carbons (Fsp3) is 0.208. The van der Waals surface area contributed by atoms with Crippen molar-refractivity contribution in [3.63, 3.8) is 0 Å². The molecule has 3 aromatic carbocycles. The van der Waals surface area contributed by atoms with E-state index in [2.05, 4.69) is 0 Å². The van der Waals surface area contributed by atoms with Gasteiger partial charge < -0.3 is 14.2 Å². The van der Waals surface area contributed by atoms with Gasteiger partial charge in [-0.15, -0.1) is 0 Å². The Morgan fingerprint density at radius 2 is 1.57 bits per heavy atom. The van der Waals surface area contributed by atoms with Crippen LogP contribution in [0.3, 0.4) is 0 Å². The molecule has 0 heterocycles. The molecule has 7 nitrogen and oxygen atoms in total. The first-order valence-electron chi connectivity index (χ1n) is 10.2. The quantitative estimate of drug-likeness (QED) is 0.385. The summed E-state index contributed by atoms with van der Waals surface area (Å²) in [5.41, 5.74) is -0.130. The third kappa shape index (κ3) is 6.24. The number of hydrogen-bond acceptors (Lipinski definition) is 6. The summed E-state index contributed by atoms with van der Waals surface area (Å²) in [5.74, 6) is -0.985. The molecule has 0 aliphatic carbocycles. The number of esters is 1. The molecule has 3 aromatic rings. The van der Waals surface area contributed by atoms with Crippen LogP contribution in [0.2, 0.25) is 0 Å². The van der Waals surface area contributed by atoms with Crippen molar-refractivity contribution in [3.05, 3.63) is 83.9 Å². The number of para-hydroxylation sites is 1. The number of nitrogens with zero attached hydrogens (tertiary/aromatic N) is 1. The monoisotopic (exact) mass is 509 g/mol. The zero-order valence-corrected chi connectivity index (χ0v) is 19.6. The Morgan fingerprint density at radius 3 is 2.14 bits per heavy atom. The second-order valence-corrected chi connectivity index (χ2v) is 9.08. The van der Waals surface area contributed by atoms with Crippen molar-refractivity contribution >= 4 is 21.7 Å². The van der Waals surface area contributed by atoms with Gasteiger partial charge in [-0.1, -0.05) is 36.4 Å². The molecular formula is C24H22F3NO6S. The number of methoxy groups -OCH3 is 2. The van der Waals surface area contributed by atoms with Gasteiger partial charge in [-0.3, -0.25) is 4.31 Å². The van der Waals surface area contributed by atoms with Crippen LogP contribution in [0.4, 0.5) is 18.9 Å². The van der Waals surface area contributed by atoms with Gasteiger partial charge in [0.25, 0.3) is 10.0 Å². The fourth-order valence-electron chi connectivity index (χ4n) is 3.24.